The van der Waals surface area contributed by atoms with Crippen LogP contribution in [0.2, 0.25) is 0 Å². The van der Waals surface area contributed by atoms with Crippen molar-refractivity contribution >= 4 is 35.0 Å². The summed E-state index contributed by atoms with van der Waals surface area (Å²) in [5.74, 6) is -0.226. The number of thioether (sulfide) groups is 1. The third-order valence-corrected chi connectivity index (χ3v) is 6.66. The Balaban J connectivity index is 1.58. The number of carbonyl (C=O) groups excluding carboxylic acids is 2. The first kappa shape index (κ1) is 23.3. The zero-order chi connectivity index (χ0) is 22.1. The van der Waals surface area contributed by atoms with Gasteiger partial charge in [-0.15, -0.1) is 11.8 Å². The maximum atomic E-state index is 14.3. The Morgan fingerprint density at radius 1 is 1.06 bits per heavy atom. The summed E-state index contributed by atoms with van der Waals surface area (Å²) in [4.78, 5) is 26.3. The average molecular weight is 443 g/mol. The van der Waals surface area contributed by atoms with Crippen molar-refractivity contribution in [2.45, 2.75) is 63.7 Å². The van der Waals surface area contributed by atoms with E-state index < -0.39 is 5.82 Å². The van der Waals surface area contributed by atoms with E-state index in [9.17, 15) is 14.0 Å². The summed E-state index contributed by atoms with van der Waals surface area (Å²) in [6.45, 7) is 2.21. The lowest BCUT2D eigenvalue weighted by Crippen LogP contribution is -2.28. The molecule has 2 aromatic carbocycles. The smallest absolute Gasteiger partial charge is 0.238 e. The normalized spacial score (nSPS) is 16.0. The number of nitrogens with one attached hydrogen (secondary N) is 1. The van der Waals surface area contributed by atoms with E-state index in [1.165, 1.54) is 54.8 Å². The van der Waals surface area contributed by atoms with Gasteiger partial charge in [-0.1, -0.05) is 69.7 Å². The van der Waals surface area contributed by atoms with Crippen LogP contribution in [0.4, 0.5) is 15.8 Å². The number of hydrogen-bond donors (Lipinski definition) is 1. The molecule has 3 rings (SSSR count). The average Bonchev–Trinajstić information content (AvgIpc) is 3.15. The molecule has 4 nitrogen and oxygen atoms in total. The van der Waals surface area contributed by atoms with E-state index in [0.29, 0.717) is 17.9 Å². The molecule has 6 heteroatoms. The number of nitrogens with zero attached hydrogens (tertiary/aromatic N) is 1. The van der Waals surface area contributed by atoms with Crippen LogP contribution in [0.1, 0.15) is 69.2 Å². The number of halogens is 1. The summed E-state index contributed by atoms with van der Waals surface area (Å²) >= 11 is 1.46. The largest absolute Gasteiger partial charge is 0.326 e. The molecule has 31 heavy (non-hydrogen) atoms. The monoisotopic (exact) mass is 442 g/mol. The van der Waals surface area contributed by atoms with E-state index >= 15 is 0 Å². The van der Waals surface area contributed by atoms with Gasteiger partial charge in [0.1, 0.15) is 11.2 Å². The molecule has 1 N–H and O–H groups in total. The minimum Gasteiger partial charge on any atom is -0.326 e. The Morgan fingerprint density at radius 3 is 2.58 bits per heavy atom. The van der Waals surface area contributed by atoms with Crippen molar-refractivity contribution < 1.29 is 14.0 Å². The molecular formula is C25H31FN2O2S. The van der Waals surface area contributed by atoms with Crippen LogP contribution < -0.4 is 10.2 Å². The molecule has 1 fully saturated rings. The van der Waals surface area contributed by atoms with Gasteiger partial charge in [-0.05, 0) is 36.2 Å². The van der Waals surface area contributed by atoms with Crippen LogP contribution in [0, 0.1) is 5.82 Å². The van der Waals surface area contributed by atoms with Gasteiger partial charge in [-0.2, -0.15) is 0 Å². The topological polar surface area (TPSA) is 49.4 Å². The minimum absolute atomic E-state index is 0.00631. The molecule has 0 unspecified atom stereocenters. The standard InChI is InChI=1S/C25H31FN2O2S/c1-2-3-4-5-6-7-8-16-23(29)27-20-13-11-12-19(17-20)25-28(24(30)18-31-25)22-15-10-9-14-21(22)26/h9-15,17,25H,2-8,16,18H2,1H3,(H,27,29)/t25-/m1/s1. The van der Waals surface area contributed by atoms with Crippen LogP contribution in [0.15, 0.2) is 48.5 Å². The highest BCUT2D eigenvalue weighted by Crippen LogP contribution is 2.42. The van der Waals surface area contributed by atoms with Crippen LogP contribution >= 0.6 is 11.8 Å². The molecule has 2 amide bonds. The molecule has 1 aliphatic rings. The SMILES string of the molecule is CCCCCCCCCC(=O)Nc1cccc([C@H]2SCC(=O)N2c2ccccc2F)c1. The summed E-state index contributed by atoms with van der Waals surface area (Å²) in [7, 11) is 0. The maximum Gasteiger partial charge on any atom is 0.238 e. The van der Waals surface area contributed by atoms with E-state index in [1.54, 1.807) is 18.2 Å². The van der Waals surface area contributed by atoms with E-state index in [4.69, 9.17) is 0 Å². The second kappa shape index (κ2) is 11.9. The second-order valence-electron chi connectivity index (χ2n) is 7.92. The molecule has 0 aromatic heterocycles. The first-order chi connectivity index (χ1) is 15.1. The Morgan fingerprint density at radius 2 is 1.81 bits per heavy atom. The Bertz CT molecular complexity index is 889. The molecule has 2 aromatic rings. The van der Waals surface area contributed by atoms with Gasteiger partial charge in [0.25, 0.3) is 0 Å². The van der Waals surface area contributed by atoms with Crippen LogP contribution in [0.25, 0.3) is 0 Å². The van der Waals surface area contributed by atoms with Gasteiger partial charge in [-0.25, -0.2) is 4.39 Å². The van der Waals surface area contributed by atoms with Crippen LogP contribution in [0.5, 0.6) is 0 Å². The fraction of sp³-hybridized carbons (Fsp3) is 0.440. The summed E-state index contributed by atoms with van der Waals surface area (Å²) in [6.07, 6.45) is 8.72. The minimum atomic E-state index is -0.414. The van der Waals surface area contributed by atoms with Gasteiger partial charge in [-0.3, -0.25) is 14.5 Å². The molecule has 0 radical (unpaired) electrons. The second-order valence-corrected chi connectivity index (χ2v) is 8.99. The van der Waals surface area contributed by atoms with Gasteiger partial charge in [0, 0.05) is 12.1 Å². The molecule has 0 aliphatic carbocycles. The highest BCUT2D eigenvalue weighted by Gasteiger charge is 2.35. The summed E-state index contributed by atoms with van der Waals surface area (Å²) < 4.78 is 14.3. The van der Waals surface area contributed by atoms with Crippen molar-refractivity contribution in [3.8, 4) is 0 Å². The number of amides is 2. The Hall–Kier alpha value is -2.34. The van der Waals surface area contributed by atoms with E-state index in [-0.39, 0.29) is 22.9 Å². The highest BCUT2D eigenvalue weighted by molar-refractivity contribution is 8.00. The molecule has 1 aliphatic heterocycles. The molecule has 1 saturated heterocycles. The van der Waals surface area contributed by atoms with Gasteiger partial charge >= 0.3 is 0 Å². The third-order valence-electron chi connectivity index (χ3n) is 5.44. The molecule has 0 saturated carbocycles. The highest BCUT2D eigenvalue weighted by atomic mass is 32.2. The van der Waals surface area contributed by atoms with Gasteiger partial charge in [0.2, 0.25) is 11.8 Å². The van der Waals surface area contributed by atoms with E-state index in [2.05, 4.69) is 12.2 Å². The lowest BCUT2D eigenvalue weighted by Gasteiger charge is -2.25. The zero-order valence-electron chi connectivity index (χ0n) is 18.1. The molecular weight excluding hydrogens is 411 g/mol. The number of anilines is 2. The van der Waals surface area contributed by atoms with Crippen molar-refractivity contribution in [3.63, 3.8) is 0 Å². The predicted molar refractivity (Wildman–Crippen MR) is 127 cm³/mol. The number of hydrogen-bond acceptors (Lipinski definition) is 3. The first-order valence-corrected chi connectivity index (χ1v) is 12.2. The van der Waals surface area contributed by atoms with Crippen molar-refractivity contribution in [2.24, 2.45) is 0 Å². The Kier molecular flexibility index (Phi) is 8.95. The molecule has 1 heterocycles. The number of benzene rings is 2. The lowest BCUT2D eigenvalue weighted by molar-refractivity contribution is -0.117. The van der Waals surface area contributed by atoms with E-state index in [0.717, 1.165) is 18.4 Å². The quantitative estimate of drug-likeness (QED) is 0.395. The maximum absolute atomic E-state index is 14.3. The fourth-order valence-corrected chi connectivity index (χ4v) is 4.97. The van der Waals surface area contributed by atoms with Gasteiger partial charge in [0.15, 0.2) is 0 Å². The van der Waals surface area contributed by atoms with Gasteiger partial charge < -0.3 is 5.32 Å². The van der Waals surface area contributed by atoms with Gasteiger partial charge in [0.05, 0.1) is 11.4 Å². The van der Waals surface area contributed by atoms with E-state index in [1.807, 2.05) is 24.3 Å². The van der Waals surface area contributed by atoms with Crippen LogP contribution in [-0.4, -0.2) is 17.6 Å². The molecule has 166 valence electrons. The number of unbranched alkanes of at least 4 members (excludes halogenated alkanes) is 6. The Labute approximate surface area is 188 Å². The molecule has 1 atom stereocenters. The third kappa shape index (κ3) is 6.57. The van der Waals surface area contributed by atoms with Crippen molar-refractivity contribution in [1.29, 1.82) is 0 Å². The lowest BCUT2D eigenvalue weighted by atomic mass is 10.1. The number of rotatable bonds is 11. The summed E-state index contributed by atoms with van der Waals surface area (Å²) in [6, 6.07) is 13.8. The first-order valence-electron chi connectivity index (χ1n) is 11.2. The predicted octanol–water partition coefficient (Wildman–Crippen LogP) is 6.68. The van der Waals surface area contributed by atoms with Crippen molar-refractivity contribution in [1.82, 2.24) is 0 Å². The number of carbonyl (C=O) groups is 2. The summed E-state index contributed by atoms with van der Waals surface area (Å²) in [5, 5.41) is 2.65. The summed E-state index contributed by atoms with van der Waals surface area (Å²) in [5.41, 5.74) is 1.86. The fourth-order valence-electron chi connectivity index (χ4n) is 3.81. The van der Waals surface area contributed by atoms with Crippen molar-refractivity contribution in [3.05, 3.63) is 59.9 Å². The number of para-hydroxylation sites is 1. The molecule has 0 bridgehead atoms. The van der Waals surface area contributed by atoms with Crippen molar-refractivity contribution in [2.75, 3.05) is 16.0 Å². The van der Waals surface area contributed by atoms with Crippen LogP contribution in [-0.2, 0) is 9.59 Å². The zero-order valence-corrected chi connectivity index (χ0v) is 18.9. The van der Waals surface area contributed by atoms with Crippen LogP contribution in [0.3, 0.4) is 0 Å². The molecule has 0 spiro atoms.